The van der Waals surface area contributed by atoms with Crippen LogP contribution in [0, 0.1) is 0 Å². The maximum Gasteiger partial charge on any atom is 0.322 e. The molecular weight excluding hydrogens is 206 g/mol. The van der Waals surface area contributed by atoms with Crippen LogP contribution in [0.2, 0.25) is 0 Å². The van der Waals surface area contributed by atoms with Crippen molar-refractivity contribution in [1.82, 2.24) is 15.3 Å². The number of hydrogen-bond acceptors (Lipinski definition) is 5. The number of nitrogens with one attached hydrogen (secondary N) is 1. The molecule has 1 N–H and O–H groups in total. The molecule has 0 aromatic carbocycles. The van der Waals surface area contributed by atoms with Crippen LogP contribution >= 0.6 is 0 Å². The van der Waals surface area contributed by atoms with E-state index in [2.05, 4.69) is 15.3 Å². The molecule has 0 amide bonds. The largest absolute Gasteiger partial charge is 0.465 e. The van der Waals surface area contributed by atoms with Crippen molar-refractivity contribution in [1.29, 1.82) is 0 Å². The first-order chi connectivity index (χ1) is 7.74. The number of ether oxygens (including phenoxy) is 1. The maximum atomic E-state index is 11.3. The van der Waals surface area contributed by atoms with Crippen molar-refractivity contribution in [3.05, 3.63) is 24.3 Å². The smallest absolute Gasteiger partial charge is 0.322 e. The minimum absolute atomic E-state index is 0.221. The Morgan fingerprint density at radius 2 is 2.38 bits per heavy atom. The highest BCUT2D eigenvalue weighted by atomic mass is 16.5. The first kappa shape index (κ1) is 12.6. The highest BCUT2D eigenvalue weighted by molar-refractivity contribution is 5.75. The summed E-state index contributed by atoms with van der Waals surface area (Å²) in [4.78, 5) is 19.4. The molecule has 1 rings (SSSR count). The van der Waals surface area contributed by atoms with Crippen molar-refractivity contribution in [2.75, 3.05) is 13.2 Å². The fraction of sp³-hybridized carbons (Fsp3) is 0.545. The van der Waals surface area contributed by atoms with Crippen LogP contribution in [0.15, 0.2) is 18.6 Å². The highest BCUT2D eigenvalue weighted by Crippen LogP contribution is 1.92. The van der Waals surface area contributed by atoms with Gasteiger partial charge in [0.25, 0.3) is 0 Å². The SMILES string of the molecule is CCOC(=O)C(C)NCCc1cnccn1. The monoisotopic (exact) mass is 223 g/mol. The van der Waals surface area contributed by atoms with Gasteiger partial charge in [-0.3, -0.25) is 14.8 Å². The van der Waals surface area contributed by atoms with Crippen molar-refractivity contribution in [3.63, 3.8) is 0 Å². The average Bonchev–Trinajstić information content (AvgIpc) is 2.30. The average molecular weight is 223 g/mol. The minimum atomic E-state index is -0.281. The summed E-state index contributed by atoms with van der Waals surface area (Å²) in [5.41, 5.74) is 0.908. The molecule has 1 unspecified atom stereocenters. The summed E-state index contributed by atoms with van der Waals surface area (Å²) in [6.45, 7) is 4.67. The lowest BCUT2D eigenvalue weighted by Crippen LogP contribution is -2.36. The Morgan fingerprint density at radius 1 is 1.56 bits per heavy atom. The summed E-state index contributed by atoms with van der Waals surface area (Å²) >= 11 is 0. The van der Waals surface area contributed by atoms with Gasteiger partial charge in [0, 0.05) is 31.6 Å². The van der Waals surface area contributed by atoms with Crippen LogP contribution in [-0.4, -0.2) is 35.1 Å². The predicted octanol–water partition coefficient (Wildman–Crippen LogP) is 0.560. The number of rotatable bonds is 6. The van der Waals surface area contributed by atoms with E-state index in [4.69, 9.17) is 4.74 Å². The molecule has 0 saturated carbocycles. The van der Waals surface area contributed by atoms with Crippen molar-refractivity contribution < 1.29 is 9.53 Å². The fourth-order valence-electron chi connectivity index (χ4n) is 1.23. The third-order valence-electron chi connectivity index (χ3n) is 2.09. The molecule has 0 fully saturated rings. The summed E-state index contributed by atoms with van der Waals surface area (Å²) in [7, 11) is 0. The van der Waals surface area contributed by atoms with Crippen molar-refractivity contribution in [2.45, 2.75) is 26.3 Å². The van der Waals surface area contributed by atoms with Crippen LogP contribution < -0.4 is 5.32 Å². The molecule has 0 aliphatic rings. The van der Waals surface area contributed by atoms with Gasteiger partial charge in [0.15, 0.2) is 0 Å². The summed E-state index contributed by atoms with van der Waals surface area (Å²) in [6.07, 6.45) is 5.76. The lowest BCUT2D eigenvalue weighted by atomic mass is 10.3. The van der Waals surface area contributed by atoms with Gasteiger partial charge in [0.2, 0.25) is 0 Å². The first-order valence-corrected chi connectivity index (χ1v) is 5.39. The van der Waals surface area contributed by atoms with Crippen LogP contribution in [-0.2, 0) is 16.0 Å². The van der Waals surface area contributed by atoms with Gasteiger partial charge in [0.1, 0.15) is 6.04 Å². The van der Waals surface area contributed by atoms with E-state index in [1.54, 1.807) is 32.4 Å². The normalized spacial score (nSPS) is 12.1. The van der Waals surface area contributed by atoms with Crippen LogP contribution in [0.3, 0.4) is 0 Å². The fourth-order valence-corrected chi connectivity index (χ4v) is 1.23. The highest BCUT2D eigenvalue weighted by Gasteiger charge is 2.12. The Hall–Kier alpha value is -1.49. The van der Waals surface area contributed by atoms with Gasteiger partial charge in [-0.15, -0.1) is 0 Å². The molecule has 0 saturated heterocycles. The standard InChI is InChI=1S/C11H17N3O2/c1-3-16-11(15)9(2)13-5-4-10-8-12-6-7-14-10/h6-9,13H,3-5H2,1-2H3. The van der Waals surface area contributed by atoms with Gasteiger partial charge in [-0.2, -0.15) is 0 Å². The predicted molar refractivity (Wildman–Crippen MR) is 59.8 cm³/mol. The summed E-state index contributed by atoms with van der Waals surface area (Å²) < 4.78 is 4.88. The van der Waals surface area contributed by atoms with E-state index < -0.39 is 0 Å². The van der Waals surface area contributed by atoms with Crippen molar-refractivity contribution in [3.8, 4) is 0 Å². The molecule has 0 radical (unpaired) electrons. The third-order valence-corrected chi connectivity index (χ3v) is 2.09. The lowest BCUT2D eigenvalue weighted by molar-refractivity contribution is -0.145. The molecule has 0 aliphatic carbocycles. The van der Waals surface area contributed by atoms with Crippen LogP contribution in [0.5, 0.6) is 0 Å². The molecule has 1 atom stereocenters. The van der Waals surface area contributed by atoms with Crippen LogP contribution in [0.25, 0.3) is 0 Å². The van der Waals surface area contributed by atoms with E-state index in [1.165, 1.54) is 0 Å². The zero-order valence-electron chi connectivity index (χ0n) is 9.64. The Bertz CT molecular complexity index is 316. The molecule has 0 bridgehead atoms. The maximum absolute atomic E-state index is 11.3. The van der Waals surface area contributed by atoms with Gasteiger partial charge in [-0.25, -0.2) is 0 Å². The molecule has 0 aliphatic heterocycles. The minimum Gasteiger partial charge on any atom is -0.465 e. The summed E-state index contributed by atoms with van der Waals surface area (Å²) in [5, 5.41) is 3.07. The van der Waals surface area contributed by atoms with E-state index in [-0.39, 0.29) is 12.0 Å². The summed E-state index contributed by atoms with van der Waals surface area (Å²) in [5.74, 6) is -0.221. The second-order valence-corrected chi connectivity index (χ2v) is 3.37. The first-order valence-electron chi connectivity index (χ1n) is 5.39. The Morgan fingerprint density at radius 3 is 3.00 bits per heavy atom. The molecule has 1 aromatic rings. The van der Waals surface area contributed by atoms with Crippen molar-refractivity contribution in [2.24, 2.45) is 0 Å². The van der Waals surface area contributed by atoms with E-state index in [1.807, 2.05) is 0 Å². The number of hydrogen-bond donors (Lipinski definition) is 1. The van der Waals surface area contributed by atoms with Gasteiger partial charge in [0.05, 0.1) is 12.3 Å². The van der Waals surface area contributed by atoms with Gasteiger partial charge in [-0.1, -0.05) is 0 Å². The Balaban J connectivity index is 2.23. The van der Waals surface area contributed by atoms with Crippen molar-refractivity contribution >= 4 is 5.97 Å². The molecule has 88 valence electrons. The Kier molecular flexibility index (Phi) is 5.42. The second kappa shape index (κ2) is 6.90. The lowest BCUT2D eigenvalue weighted by Gasteiger charge is -2.11. The number of nitrogens with zero attached hydrogens (tertiary/aromatic N) is 2. The summed E-state index contributed by atoms with van der Waals surface area (Å²) in [6, 6.07) is -0.281. The molecule has 5 nitrogen and oxygen atoms in total. The van der Waals surface area contributed by atoms with Gasteiger partial charge < -0.3 is 10.1 Å². The number of aromatic nitrogens is 2. The van der Waals surface area contributed by atoms with Crippen LogP contribution in [0.4, 0.5) is 0 Å². The van der Waals surface area contributed by atoms with Crippen LogP contribution in [0.1, 0.15) is 19.5 Å². The Labute approximate surface area is 95.3 Å². The number of esters is 1. The molecule has 16 heavy (non-hydrogen) atoms. The van der Waals surface area contributed by atoms with Gasteiger partial charge in [-0.05, 0) is 13.8 Å². The molecule has 1 aromatic heterocycles. The molecular formula is C11H17N3O2. The number of carbonyl (C=O) groups is 1. The zero-order valence-corrected chi connectivity index (χ0v) is 9.64. The van der Waals surface area contributed by atoms with E-state index in [9.17, 15) is 4.79 Å². The molecule has 1 heterocycles. The quantitative estimate of drug-likeness (QED) is 0.714. The van der Waals surface area contributed by atoms with E-state index in [0.717, 1.165) is 12.1 Å². The van der Waals surface area contributed by atoms with Gasteiger partial charge >= 0.3 is 5.97 Å². The van der Waals surface area contributed by atoms with E-state index in [0.29, 0.717) is 13.2 Å². The van der Waals surface area contributed by atoms with E-state index >= 15 is 0 Å². The molecule has 0 spiro atoms. The third kappa shape index (κ3) is 4.35. The topological polar surface area (TPSA) is 64.1 Å². The molecule has 5 heteroatoms. The zero-order chi connectivity index (χ0) is 11.8. The number of carbonyl (C=O) groups excluding carboxylic acids is 1. The second-order valence-electron chi connectivity index (χ2n) is 3.37.